The fraction of sp³-hybridized carbons (Fsp3) is 0.316. The van der Waals surface area contributed by atoms with Gasteiger partial charge in [-0.05, 0) is 41.2 Å². The lowest BCUT2D eigenvalue weighted by Crippen LogP contribution is -2.30. The van der Waals surface area contributed by atoms with Gasteiger partial charge in [0.2, 0.25) is 0 Å². The van der Waals surface area contributed by atoms with Gasteiger partial charge in [0, 0.05) is 16.7 Å². The Morgan fingerprint density at radius 1 is 1.04 bits per heavy atom. The number of carbonyl (C=O) groups is 1. The smallest absolute Gasteiger partial charge is 0.319 e. The van der Waals surface area contributed by atoms with Crippen LogP contribution in [0.5, 0.6) is 0 Å². The molecule has 0 unspecified atom stereocenters. The molecule has 0 aliphatic rings. The Morgan fingerprint density at radius 3 is 2.30 bits per heavy atom. The lowest BCUT2D eigenvalue weighted by molar-refractivity contribution is 0.252. The molecule has 4 heteroatoms. The van der Waals surface area contributed by atoms with Crippen molar-refractivity contribution in [1.29, 1.82) is 0 Å². The maximum atomic E-state index is 11.9. The van der Waals surface area contributed by atoms with E-state index >= 15 is 0 Å². The average molecular weight is 375 g/mol. The first-order chi connectivity index (χ1) is 10.9. The topological polar surface area (TPSA) is 41.1 Å². The number of rotatable bonds is 4. The molecule has 2 amide bonds. The van der Waals surface area contributed by atoms with Crippen molar-refractivity contribution in [2.45, 2.75) is 32.6 Å². The highest BCUT2D eigenvalue weighted by atomic mass is 79.9. The van der Waals surface area contributed by atoms with Crippen molar-refractivity contribution in [2.75, 3.05) is 11.9 Å². The van der Waals surface area contributed by atoms with Crippen LogP contribution in [0, 0.1) is 0 Å². The number of nitrogens with one attached hydrogen (secondary N) is 2. The van der Waals surface area contributed by atoms with Crippen LogP contribution in [0.15, 0.2) is 53.0 Å². The van der Waals surface area contributed by atoms with Gasteiger partial charge in [-0.3, -0.25) is 0 Å². The summed E-state index contributed by atoms with van der Waals surface area (Å²) in [5, 5.41) is 5.74. The highest BCUT2D eigenvalue weighted by Crippen LogP contribution is 2.23. The van der Waals surface area contributed by atoms with Crippen LogP contribution in [0.25, 0.3) is 0 Å². The number of urea groups is 1. The van der Waals surface area contributed by atoms with Crippen LogP contribution in [-0.2, 0) is 11.8 Å². The Labute approximate surface area is 146 Å². The Morgan fingerprint density at radius 2 is 1.70 bits per heavy atom. The molecule has 23 heavy (non-hydrogen) atoms. The zero-order valence-corrected chi connectivity index (χ0v) is 15.4. The van der Waals surface area contributed by atoms with Gasteiger partial charge in [-0.2, -0.15) is 0 Å². The van der Waals surface area contributed by atoms with E-state index in [1.165, 1.54) is 11.1 Å². The van der Waals surface area contributed by atoms with Gasteiger partial charge < -0.3 is 10.6 Å². The monoisotopic (exact) mass is 374 g/mol. The van der Waals surface area contributed by atoms with Crippen molar-refractivity contribution >= 4 is 27.6 Å². The standard InChI is InChI=1S/C19H23BrN2O/c1-19(2,3)15-8-10-16(11-9-15)22-18(23)21-13-12-14-6-4-5-7-17(14)20/h4-11H,12-13H2,1-3H3,(H2,21,22,23). The largest absolute Gasteiger partial charge is 0.338 e. The number of amides is 2. The van der Waals surface area contributed by atoms with Crippen LogP contribution < -0.4 is 10.6 Å². The zero-order chi connectivity index (χ0) is 16.9. The Balaban J connectivity index is 1.82. The molecular weight excluding hydrogens is 352 g/mol. The highest BCUT2D eigenvalue weighted by molar-refractivity contribution is 9.10. The predicted molar refractivity (Wildman–Crippen MR) is 100 cm³/mol. The van der Waals surface area contributed by atoms with Crippen LogP contribution in [0.3, 0.4) is 0 Å². The summed E-state index contributed by atoms with van der Waals surface area (Å²) in [7, 11) is 0. The third-order valence-electron chi connectivity index (χ3n) is 3.65. The van der Waals surface area contributed by atoms with Gasteiger partial charge in [-0.15, -0.1) is 0 Å². The predicted octanol–water partition coefficient (Wildman–Crippen LogP) is 5.11. The SMILES string of the molecule is CC(C)(C)c1ccc(NC(=O)NCCc2ccccc2Br)cc1. The van der Waals surface area contributed by atoms with Gasteiger partial charge >= 0.3 is 6.03 Å². The van der Waals surface area contributed by atoms with E-state index in [2.05, 4.69) is 65.5 Å². The fourth-order valence-electron chi connectivity index (χ4n) is 2.24. The Hall–Kier alpha value is -1.81. The molecule has 0 spiro atoms. The third kappa shape index (κ3) is 5.39. The summed E-state index contributed by atoms with van der Waals surface area (Å²) < 4.78 is 1.07. The second kappa shape index (κ2) is 7.64. The van der Waals surface area contributed by atoms with Gasteiger partial charge in [0.25, 0.3) is 0 Å². The first-order valence-electron chi connectivity index (χ1n) is 7.75. The average Bonchev–Trinajstić information content (AvgIpc) is 2.49. The molecule has 0 aromatic heterocycles. The van der Waals surface area contributed by atoms with Crippen LogP contribution in [-0.4, -0.2) is 12.6 Å². The van der Waals surface area contributed by atoms with Crippen molar-refractivity contribution in [3.05, 3.63) is 64.1 Å². The molecule has 0 saturated heterocycles. The van der Waals surface area contributed by atoms with Crippen LogP contribution in [0.1, 0.15) is 31.9 Å². The molecular formula is C19H23BrN2O. The zero-order valence-electron chi connectivity index (χ0n) is 13.8. The van der Waals surface area contributed by atoms with E-state index in [1.54, 1.807) is 0 Å². The minimum atomic E-state index is -0.180. The van der Waals surface area contributed by atoms with E-state index in [0.29, 0.717) is 6.54 Å². The summed E-state index contributed by atoms with van der Waals surface area (Å²) in [6.07, 6.45) is 0.789. The maximum Gasteiger partial charge on any atom is 0.319 e. The highest BCUT2D eigenvalue weighted by Gasteiger charge is 2.13. The molecule has 0 heterocycles. The molecule has 0 fully saturated rings. The number of carbonyl (C=O) groups excluding carboxylic acids is 1. The van der Waals surface area contributed by atoms with Crippen LogP contribution in [0.2, 0.25) is 0 Å². The summed E-state index contributed by atoms with van der Waals surface area (Å²) in [6, 6.07) is 15.8. The Bertz CT molecular complexity index is 660. The summed E-state index contributed by atoms with van der Waals surface area (Å²) in [5.74, 6) is 0. The fourth-order valence-corrected chi connectivity index (χ4v) is 2.72. The lowest BCUT2D eigenvalue weighted by Gasteiger charge is -2.19. The molecule has 2 rings (SSSR count). The second-order valence-corrected chi connectivity index (χ2v) is 7.40. The number of hydrogen-bond donors (Lipinski definition) is 2. The number of benzene rings is 2. The lowest BCUT2D eigenvalue weighted by atomic mass is 9.87. The van der Waals surface area contributed by atoms with Crippen molar-refractivity contribution < 1.29 is 4.79 Å². The van der Waals surface area contributed by atoms with E-state index < -0.39 is 0 Å². The molecule has 3 nitrogen and oxygen atoms in total. The van der Waals surface area contributed by atoms with E-state index in [9.17, 15) is 4.79 Å². The summed E-state index contributed by atoms with van der Waals surface area (Å²) >= 11 is 3.51. The normalized spacial score (nSPS) is 11.1. The summed E-state index contributed by atoms with van der Waals surface area (Å²) in [6.45, 7) is 7.10. The molecule has 2 aromatic rings. The van der Waals surface area contributed by atoms with Gasteiger partial charge in [-0.25, -0.2) is 4.79 Å². The maximum absolute atomic E-state index is 11.9. The third-order valence-corrected chi connectivity index (χ3v) is 4.42. The number of anilines is 1. The second-order valence-electron chi connectivity index (χ2n) is 6.55. The molecule has 2 aromatic carbocycles. The molecule has 0 aliphatic carbocycles. The van der Waals surface area contributed by atoms with Crippen molar-refractivity contribution in [1.82, 2.24) is 5.32 Å². The van der Waals surface area contributed by atoms with Crippen molar-refractivity contribution in [3.8, 4) is 0 Å². The molecule has 0 aliphatic heterocycles. The van der Waals surface area contributed by atoms with E-state index in [-0.39, 0.29) is 11.4 Å². The minimum Gasteiger partial charge on any atom is -0.338 e. The van der Waals surface area contributed by atoms with Crippen molar-refractivity contribution in [2.24, 2.45) is 0 Å². The molecule has 122 valence electrons. The molecule has 2 N–H and O–H groups in total. The number of hydrogen-bond acceptors (Lipinski definition) is 1. The Kier molecular flexibility index (Phi) is 5.83. The molecule has 0 atom stereocenters. The molecule has 0 saturated carbocycles. The first-order valence-corrected chi connectivity index (χ1v) is 8.54. The van der Waals surface area contributed by atoms with Gasteiger partial charge in [0.15, 0.2) is 0 Å². The minimum absolute atomic E-state index is 0.115. The molecule has 0 bridgehead atoms. The first kappa shape index (κ1) is 17.5. The quantitative estimate of drug-likeness (QED) is 0.766. The van der Waals surface area contributed by atoms with Gasteiger partial charge in [0.1, 0.15) is 0 Å². The number of halogens is 1. The summed E-state index contributed by atoms with van der Waals surface area (Å²) in [4.78, 5) is 11.9. The van der Waals surface area contributed by atoms with Gasteiger partial charge in [0.05, 0.1) is 0 Å². The van der Waals surface area contributed by atoms with E-state index in [1.807, 2.05) is 30.3 Å². The van der Waals surface area contributed by atoms with Gasteiger partial charge in [-0.1, -0.05) is 67.0 Å². The van der Waals surface area contributed by atoms with E-state index in [0.717, 1.165) is 16.6 Å². The van der Waals surface area contributed by atoms with Crippen LogP contribution >= 0.6 is 15.9 Å². The van der Waals surface area contributed by atoms with Crippen molar-refractivity contribution in [3.63, 3.8) is 0 Å². The van der Waals surface area contributed by atoms with E-state index in [4.69, 9.17) is 0 Å². The van der Waals surface area contributed by atoms with Crippen LogP contribution in [0.4, 0.5) is 10.5 Å². The molecule has 0 radical (unpaired) electrons. The summed E-state index contributed by atoms with van der Waals surface area (Å²) in [5.41, 5.74) is 3.35.